The van der Waals surface area contributed by atoms with Crippen molar-refractivity contribution in [3.63, 3.8) is 0 Å². The summed E-state index contributed by atoms with van der Waals surface area (Å²) in [7, 11) is 0. The standard InChI is InChI=1S/C25H31N7O2/c1-17(2)25(34)14-29(15-25)19-8-10-20(11-9-19)30-12-13-31(24(30)33)22-7-5-6-21(27-22)23-28-26-16-32(23)18(3)4/h5-11,16-18,34H,12-15H2,1-4H3. The van der Waals surface area contributed by atoms with E-state index in [9.17, 15) is 9.90 Å². The Morgan fingerprint density at radius 2 is 1.62 bits per heavy atom. The Bertz CT molecular complexity index is 1180. The van der Waals surface area contributed by atoms with Crippen molar-refractivity contribution in [2.45, 2.75) is 39.3 Å². The molecule has 0 unspecified atom stereocenters. The third-order valence-corrected chi connectivity index (χ3v) is 6.91. The first kappa shape index (κ1) is 22.3. The largest absolute Gasteiger partial charge is 0.386 e. The predicted octanol–water partition coefficient (Wildman–Crippen LogP) is 3.57. The molecule has 34 heavy (non-hydrogen) atoms. The summed E-state index contributed by atoms with van der Waals surface area (Å²) in [6.07, 6.45) is 1.70. The molecule has 2 aliphatic rings. The van der Waals surface area contributed by atoms with E-state index in [0.29, 0.717) is 43.5 Å². The van der Waals surface area contributed by atoms with Crippen LogP contribution in [0.3, 0.4) is 0 Å². The molecule has 0 saturated carbocycles. The number of hydrogen-bond acceptors (Lipinski definition) is 6. The van der Waals surface area contributed by atoms with Gasteiger partial charge in [0.2, 0.25) is 0 Å². The van der Waals surface area contributed by atoms with Crippen molar-refractivity contribution < 1.29 is 9.90 Å². The number of benzene rings is 1. The molecule has 2 aliphatic heterocycles. The van der Waals surface area contributed by atoms with Crippen LogP contribution < -0.4 is 14.7 Å². The fourth-order valence-corrected chi connectivity index (χ4v) is 4.50. The summed E-state index contributed by atoms with van der Waals surface area (Å²) in [5.41, 5.74) is 1.98. The number of aromatic nitrogens is 4. The number of pyridine rings is 1. The highest BCUT2D eigenvalue weighted by Gasteiger charge is 2.43. The van der Waals surface area contributed by atoms with Gasteiger partial charge >= 0.3 is 6.03 Å². The second kappa shape index (κ2) is 8.39. The van der Waals surface area contributed by atoms with E-state index >= 15 is 0 Å². The number of anilines is 3. The van der Waals surface area contributed by atoms with E-state index in [1.165, 1.54) is 0 Å². The van der Waals surface area contributed by atoms with Gasteiger partial charge in [-0.3, -0.25) is 9.80 Å². The van der Waals surface area contributed by atoms with E-state index in [1.807, 2.05) is 60.9 Å². The fraction of sp³-hybridized carbons (Fsp3) is 0.440. The van der Waals surface area contributed by atoms with E-state index in [1.54, 1.807) is 16.1 Å². The van der Waals surface area contributed by atoms with Crippen LogP contribution in [0.2, 0.25) is 0 Å². The van der Waals surface area contributed by atoms with E-state index in [4.69, 9.17) is 4.98 Å². The van der Waals surface area contributed by atoms with Crippen LogP contribution in [-0.2, 0) is 0 Å². The summed E-state index contributed by atoms with van der Waals surface area (Å²) in [6, 6.07) is 13.7. The van der Waals surface area contributed by atoms with Gasteiger partial charge in [-0.15, -0.1) is 10.2 Å². The number of β-amino-alcohol motifs (C(OH)–C–C–N with tert-alkyl or cyclic N) is 1. The number of hydrogen-bond donors (Lipinski definition) is 1. The molecular weight excluding hydrogens is 430 g/mol. The van der Waals surface area contributed by atoms with Crippen LogP contribution >= 0.6 is 0 Å². The molecule has 9 heteroatoms. The summed E-state index contributed by atoms with van der Waals surface area (Å²) in [5, 5.41) is 18.8. The zero-order valence-corrected chi connectivity index (χ0v) is 20.1. The summed E-state index contributed by atoms with van der Waals surface area (Å²) >= 11 is 0. The summed E-state index contributed by atoms with van der Waals surface area (Å²) in [4.78, 5) is 23.6. The van der Waals surface area contributed by atoms with Crippen LogP contribution in [0.5, 0.6) is 0 Å². The van der Waals surface area contributed by atoms with Gasteiger partial charge in [-0.1, -0.05) is 19.9 Å². The fourth-order valence-electron chi connectivity index (χ4n) is 4.50. The van der Waals surface area contributed by atoms with Crippen molar-refractivity contribution >= 4 is 23.2 Å². The average molecular weight is 462 g/mol. The van der Waals surface area contributed by atoms with Crippen LogP contribution in [0.4, 0.5) is 22.0 Å². The van der Waals surface area contributed by atoms with Crippen molar-refractivity contribution in [1.29, 1.82) is 0 Å². The quantitative estimate of drug-likeness (QED) is 0.604. The lowest BCUT2D eigenvalue weighted by molar-refractivity contribution is -0.0300. The lowest BCUT2D eigenvalue weighted by atomic mass is 9.82. The van der Waals surface area contributed by atoms with Gasteiger partial charge < -0.3 is 14.6 Å². The van der Waals surface area contributed by atoms with E-state index in [2.05, 4.69) is 28.9 Å². The predicted molar refractivity (Wildman–Crippen MR) is 132 cm³/mol. The molecule has 1 N–H and O–H groups in total. The third kappa shape index (κ3) is 3.79. The zero-order valence-electron chi connectivity index (χ0n) is 20.1. The summed E-state index contributed by atoms with van der Waals surface area (Å²) in [6.45, 7) is 10.6. The lowest BCUT2D eigenvalue weighted by Gasteiger charge is -2.50. The minimum absolute atomic E-state index is 0.0964. The van der Waals surface area contributed by atoms with Crippen LogP contribution in [-0.4, -0.2) is 62.7 Å². The highest BCUT2D eigenvalue weighted by Crippen LogP contribution is 2.34. The van der Waals surface area contributed by atoms with Crippen molar-refractivity contribution in [3.8, 4) is 11.5 Å². The van der Waals surface area contributed by atoms with E-state index in [0.717, 1.165) is 11.4 Å². The third-order valence-electron chi connectivity index (χ3n) is 6.91. The first-order valence-corrected chi connectivity index (χ1v) is 11.8. The Hall–Kier alpha value is -3.46. The normalized spacial score (nSPS) is 17.7. The Labute approximate surface area is 199 Å². The highest BCUT2D eigenvalue weighted by molar-refractivity contribution is 6.05. The van der Waals surface area contributed by atoms with Gasteiger partial charge in [0.1, 0.15) is 23.4 Å². The first-order chi connectivity index (χ1) is 16.3. The average Bonchev–Trinajstić information content (AvgIpc) is 3.44. The Morgan fingerprint density at radius 3 is 2.29 bits per heavy atom. The number of amides is 2. The number of aliphatic hydroxyl groups is 1. The molecule has 2 saturated heterocycles. The van der Waals surface area contributed by atoms with Crippen molar-refractivity contribution in [2.24, 2.45) is 5.92 Å². The van der Waals surface area contributed by atoms with Crippen LogP contribution in [0.1, 0.15) is 33.7 Å². The van der Waals surface area contributed by atoms with Crippen molar-refractivity contribution in [1.82, 2.24) is 19.7 Å². The molecule has 2 aromatic heterocycles. The van der Waals surface area contributed by atoms with Crippen LogP contribution in [0, 0.1) is 5.92 Å². The molecule has 2 fully saturated rings. The minimum Gasteiger partial charge on any atom is -0.386 e. The molecule has 0 atom stereocenters. The molecular formula is C25H31N7O2. The molecule has 0 bridgehead atoms. The number of urea groups is 1. The summed E-state index contributed by atoms with van der Waals surface area (Å²) in [5.74, 6) is 1.52. The van der Waals surface area contributed by atoms with Gasteiger partial charge in [0.25, 0.3) is 0 Å². The van der Waals surface area contributed by atoms with Crippen molar-refractivity contribution in [2.75, 3.05) is 40.9 Å². The number of nitrogens with zero attached hydrogens (tertiary/aromatic N) is 7. The second-order valence-electron chi connectivity index (χ2n) is 9.75. The number of rotatable bonds is 6. The molecule has 0 spiro atoms. The number of carbonyl (C=O) groups excluding carboxylic acids is 1. The SMILES string of the molecule is CC(C)n1cnnc1-c1cccc(N2CCN(c3ccc(N4CC(O)(C(C)C)C4)cc3)C2=O)n1. The molecule has 9 nitrogen and oxygen atoms in total. The smallest absolute Gasteiger partial charge is 0.330 e. The van der Waals surface area contributed by atoms with Crippen LogP contribution in [0.25, 0.3) is 11.5 Å². The summed E-state index contributed by atoms with van der Waals surface area (Å²) < 4.78 is 1.96. The Balaban J connectivity index is 1.30. The second-order valence-corrected chi connectivity index (χ2v) is 9.75. The van der Waals surface area contributed by atoms with Gasteiger partial charge in [-0.2, -0.15) is 0 Å². The topological polar surface area (TPSA) is 90.6 Å². The van der Waals surface area contributed by atoms with Gasteiger partial charge in [0.15, 0.2) is 5.82 Å². The van der Waals surface area contributed by atoms with E-state index in [-0.39, 0.29) is 18.0 Å². The molecule has 0 radical (unpaired) electrons. The zero-order chi connectivity index (χ0) is 24.0. The molecule has 3 aromatic rings. The van der Waals surface area contributed by atoms with E-state index < -0.39 is 5.60 Å². The molecule has 2 amide bonds. The van der Waals surface area contributed by atoms with Crippen LogP contribution in [0.15, 0.2) is 48.8 Å². The molecule has 0 aliphatic carbocycles. The molecule has 178 valence electrons. The number of carbonyl (C=O) groups is 1. The molecule has 4 heterocycles. The highest BCUT2D eigenvalue weighted by atomic mass is 16.3. The first-order valence-electron chi connectivity index (χ1n) is 11.8. The molecule has 5 rings (SSSR count). The lowest BCUT2D eigenvalue weighted by Crippen LogP contribution is -2.64. The molecule has 1 aromatic carbocycles. The van der Waals surface area contributed by atoms with Crippen molar-refractivity contribution in [3.05, 3.63) is 48.8 Å². The van der Waals surface area contributed by atoms with Gasteiger partial charge in [-0.25, -0.2) is 9.78 Å². The Morgan fingerprint density at radius 1 is 0.941 bits per heavy atom. The minimum atomic E-state index is -0.617. The monoisotopic (exact) mass is 461 g/mol. The Kier molecular flexibility index (Phi) is 5.51. The van der Waals surface area contributed by atoms with Gasteiger partial charge in [0.05, 0.1) is 0 Å². The van der Waals surface area contributed by atoms with Gasteiger partial charge in [0, 0.05) is 43.6 Å². The van der Waals surface area contributed by atoms with Gasteiger partial charge in [-0.05, 0) is 56.2 Å². The maximum Gasteiger partial charge on any atom is 0.330 e. The maximum atomic E-state index is 13.3. The maximum absolute atomic E-state index is 13.3.